The average Bonchev–Trinajstić information content (AvgIpc) is 3.13. The topological polar surface area (TPSA) is 41.6 Å². The lowest BCUT2D eigenvalue weighted by molar-refractivity contribution is 0.865. The van der Waals surface area contributed by atoms with Crippen molar-refractivity contribution in [3.8, 4) is 17.3 Å². The van der Waals surface area contributed by atoms with E-state index in [0.29, 0.717) is 5.69 Å². The van der Waals surface area contributed by atoms with E-state index < -0.39 is 0 Å². The number of aryl methyl sites for hydroxylation is 1. The molecule has 0 spiro atoms. The number of hydrogen-bond donors (Lipinski definition) is 0. The normalized spacial score (nSPS) is 11.0. The second-order valence-electron chi connectivity index (χ2n) is 5.51. The van der Waals surface area contributed by atoms with Crippen LogP contribution in [0.5, 0.6) is 0 Å². The van der Waals surface area contributed by atoms with Crippen LogP contribution >= 0.6 is 11.3 Å². The van der Waals surface area contributed by atoms with Crippen LogP contribution in [0.1, 0.15) is 27.5 Å². The minimum absolute atomic E-state index is 0.668. The first-order chi connectivity index (χ1) is 11.1. The maximum Gasteiger partial charge on any atom is 0.120 e. The zero-order valence-electron chi connectivity index (χ0n) is 13.4. The molecule has 0 amide bonds. The molecule has 0 saturated carbocycles. The van der Waals surface area contributed by atoms with Crippen LogP contribution in [-0.2, 0) is 7.05 Å². The molecular weight excluding hydrogens is 302 g/mol. The lowest BCUT2D eigenvalue weighted by Crippen LogP contribution is -1.93. The summed E-state index contributed by atoms with van der Waals surface area (Å²) in [5.74, 6) is 0. The van der Waals surface area contributed by atoms with Gasteiger partial charge in [-0.15, -0.1) is 11.3 Å². The molecule has 114 valence electrons. The van der Waals surface area contributed by atoms with Crippen LogP contribution in [0, 0.1) is 25.2 Å². The van der Waals surface area contributed by atoms with Gasteiger partial charge in [-0.05, 0) is 31.6 Å². The van der Waals surface area contributed by atoms with Crippen LogP contribution in [0.4, 0.5) is 0 Å². The molecule has 2 aromatic heterocycles. The molecule has 0 aliphatic heterocycles. The highest BCUT2D eigenvalue weighted by Gasteiger charge is 2.06. The van der Waals surface area contributed by atoms with Crippen molar-refractivity contribution in [2.45, 2.75) is 13.8 Å². The van der Waals surface area contributed by atoms with E-state index in [2.05, 4.69) is 47.6 Å². The predicted molar refractivity (Wildman–Crippen MR) is 96.1 cm³/mol. The van der Waals surface area contributed by atoms with Crippen molar-refractivity contribution in [1.29, 1.82) is 5.26 Å². The Balaban J connectivity index is 1.84. The number of nitrogens with zero attached hydrogens (tertiary/aromatic N) is 3. The molecule has 0 radical (unpaired) electrons. The molecule has 23 heavy (non-hydrogen) atoms. The smallest absolute Gasteiger partial charge is 0.120 e. The van der Waals surface area contributed by atoms with Gasteiger partial charge in [-0.25, -0.2) is 4.98 Å². The predicted octanol–water partition coefficient (Wildman–Crippen LogP) is 4.81. The zero-order chi connectivity index (χ0) is 16.4. The largest absolute Gasteiger partial charge is 0.339 e. The van der Waals surface area contributed by atoms with E-state index in [4.69, 9.17) is 5.26 Å². The number of nitriles is 1. The molecule has 3 nitrogen and oxygen atoms in total. The van der Waals surface area contributed by atoms with E-state index in [1.165, 1.54) is 5.56 Å². The highest BCUT2D eigenvalue weighted by molar-refractivity contribution is 7.10. The first kappa shape index (κ1) is 15.3. The van der Waals surface area contributed by atoms with Crippen LogP contribution in [0.15, 0.2) is 35.7 Å². The Morgan fingerprint density at radius 2 is 1.91 bits per heavy atom. The van der Waals surface area contributed by atoms with E-state index in [1.54, 1.807) is 11.3 Å². The molecule has 1 aromatic carbocycles. The second-order valence-corrected chi connectivity index (χ2v) is 6.40. The minimum Gasteiger partial charge on any atom is -0.339 e. The maximum absolute atomic E-state index is 9.09. The van der Waals surface area contributed by atoms with Crippen molar-refractivity contribution < 1.29 is 0 Å². The third-order valence-electron chi connectivity index (χ3n) is 3.96. The van der Waals surface area contributed by atoms with Crippen molar-refractivity contribution in [2.75, 3.05) is 0 Å². The van der Waals surface area contributed by atoms with E-state index in [-0.39, 0.29) is 0 Å². The molecule has 3 rings (SSSR count). The number of thiazole rings is 1. The maximum atomic E-state index is 9.09. The molecule has 4 heteroatoms. The van der Waals surface area contributed by atoms with Crippen LogP contribution in [0.2, 0.25) is 0 Å². The fourth-order valence-electron chi connectivity index (χ4n) is 2.38. The van der Waals surface area contributed by atoms with E-state index in [0.717, 1.165) is 27.5 Å². The van der Waals surface area contributed by atoms with Gasteiger partial charge in [-0.3, -0.25) is 0 Å². The van der Waals surface area contributed by atoms with Crippen LogP contribution < -0.4 is 0 Å². The fraction of sp³-hybridized carbons (Fsp3) is 0.158. The van der Waals surface area contributed by atoms with Gasteiger partial charge in [-0.2, -0.15) is 5.26 Å². The zero-order valence-corrected chi connectivity index (χ0v) is 14.2. The Kier molecular flexibility index (Phi) is 4.14. The summed E-state index contributed by atoms with van der Waals surface area (Å²) in [6.45, 7) is 4.09. The lowest BCUT2D eigenvalue weighted by Gasteiger charge is -1.97. The Morgan fingerprint density at radius 1 is 1.17 bits per heavy atom. The monoisotopic (exact) mass is 319 g/mol. The third-order valence-corrected chi connectivity index (χ3v) is 4.77. The number of aromatic nitrogens is 2. The first-order valence-corrected chi connectivity index (χ1v) is 8.23. The van der Waals surface area contributed by atoms with Gasteiger partial charge >= 0.3 is 0 Å². The summed E-state index contributed by atoms with van der Waals surface area (Å²) in [6.07, 6.45) is 4.03. The van der Waals surface area contributed by atoms with Crippen molar-refractivity contribution in [2.24, 2.45) is 7.05 Å². The molecule has 0 atom stereocenters. The first-order valence-electron chi connectivity index (χ1n) is 7.35. The summed E-state index contributed by atoms with van der Waals surface area (Å²) in [5.41, 5.74) is 6.18. The molecule has 0 aliphatic rings. The second kappa shape index (κ2) is 6.23. The van der Waals surface area contributed by atoms with Crippen molar-refractivity contribution in [3.63, 3.8) is 0 Å². The third kappa shape index (κ3) is 3.10. The fourth-order valence-corrected chi connectivity index (χ4v) is 3.10. The molecule has 2 heterocycles. The molecule has 0 aliphatic carbocycles. The summed E-state index contributed by atoms with van der Waals surface area (Å²) >= 11 is 1.62. The molecule has 0 unspecified atom stereocenters. The molecular formula is C19H17N3S. The average molecular weight is 319 g/mol. The van der Waals surface area contributed by atoms with Gasteiger partial charge in [-0.1, -0.05) is 35.9 Å². The highest BCUT2D eigenvalue weighted by atomic mass is 32.1. The van der Waals surface area contributed by atoms with Gasteiger partial charge < -0.3 is 4.57 Å². The Hall–Kier alpha value is -2.64. The molecule has 0 fully saturated rings. The highest BCUT2D eigenvalue weighted by Crippen LogP contribution is 2.24. The van der Waals surface area contributed by atoms with Gasteiger partial charge in [0.2, 0.25) is 0 Å². The number of rotatable bonds is 3. The Labute approximate surface area is 140 Å². The van der Waals surface area contributed by atoms with Crippen molar-refractivity contribution in [3.05, 3.63) is 63.2 Å². The van der Waals surface area contributed by atoms with Crippen LogP contribution in [-0.4, -0.2) is 9.55 Å². The van der Waals surface area contributed by atoms with Gasteiger partial charge in [0.05, 0.1) is 5.69 Å². The summed E-state index contributed by atoms with van der Waals surface area (Å²) in [7, 11) is 1.91. The SMILES string of the molecule is Cc1ccc(-c2csc(/C=C/c3cc(C#N)n(C)c3C)n2)cc1. The van der Waals surface area contributed by atoms with Crippen molar-refractivity contribution in [1.82, 2.24) is 9.55 Å². The quantitative estimate of drug-likeness (QED) is 0.695. The van der Waals surface area contributed by atoms with E-state index in [9.17, 15) is 0 Å². The van der Waals surface area contributed by atoms with Gasteiger partial charge in [0.1, 0.15) is 16.8 Å². The summed E-state index contributed by atoms with van der Waals surface area (Å²) in [5, 5.41) is 12.1. The number of hydrogen-bond acceptors (Lipinski definition) is 3. The summed E-state index contributed by atoms with van der Waals surface area (Å²) in [6, 6.07) is 12.5. The van der Waals surface area contributed by atoms with Gasteiger partial charge in [0.15, 0.2) is 0 Å². The Morgan fingerprint density at radius 3 is 2.57 bits per heavy atom. The summed E-state index contributed by atoms with van der Waals surface area (Å²) < 4.78 is 1.90. The lowest BCUT2D eigenvalue weighted by atomic mass is 10.1. The standard InChI is InChI=1S/C19H17N3S/c1-13-4-6-15(7-5-13)18-12-23-19(21-18)9-8-16-10-17(11-20)22(3)14(16)2/h4-10,12H,1-3H3/b9-8+. The van der Waals surface area contributed by atoms with Gasteiger partial charge in [0.25, 0.3) is 0 Å². The molecule has 0 bridgehead atoms. The van der Waals surface area contributed by atoms with Gasteiger partial charge in [0, 0.05) is 23.7 Å². The van der Waals surface area contributed by atoms with Crippen LogP contribution in [0.3, 0.4) is 0 Å². The molecule has 3 aromatic rings. The molecule has 0 saturated heterocycles. The molecule has 0 N–H and O–H groups in total. The number of benzene rings is 1. The summed E-state index contributed by atoms with van der Waals surface area (Å²) in [4.78, 5) is 4.66. The van der Waals surface area contributed by atoms with Crippen LogP contribution in [0.25, 0.3) is 23.4 Å². The minimum atomic E-state index is 0.668. The Bertz CT molecular complexity index is 905. The van der Waals surface area contributed by atoms with Crippen molar-refractivity contribution >= 4 is 23.5 Å². The van der Waals surface area contributed by atoms with E-state index in [1.807, 2.05) is 36.8 Å². The van der Waals surface area contributed by atoms with E-state index >= 15 is 0 Å².